The predicted molar refractivity (Wildman–Crippen MR) is 73.3 cm³/mol. The Bertz CT molecular complexity index is 646. The van der Waals surface area contributed by atoms with Gasteiger partial charge in [-0.15, -0.1) is 0 Å². The molecule has 0 aliphatic rings. The van der Waals surface area contributed by atoms with Gasteiger partial charge in [-0.3, -0.25) is 0 Å². The highest BCUT2D eigenvalue weighted by Crippen LogP contribution is 2.30. The van der Waals surface area contributed by atoms with E-state index in [2.05, 4.69) is 30.1 Å². The van der Waals surface area contributed by atoms with E-state index in [0.29, 0.717) is 6.54 Å². The smallest absolute Gasteiger partial charge is 0.108 e. The first-order valence-electron chi connectivity index (χ1n) is 6.21. The summed E-state index contributed by atoms with van der Waals surface area (Å²) in [4.78, 5) is 3.41. The average Bonchev–Trinajstić information content (AvgIpc) is 3.00. The maximum Gasteiger partial charge on any atom is 0.108 e. The van der Waals surface area contributed by atoms with Crippen LogP contribution in [-0.2, 0) is 13.0 Å². The largest absolute Gasteiger partial charge is 0.468 e. The van der Waals surface area contributed by atoms with Gasteiger partial charge in [0.05, 0.1) is 5.69 Å². The van der Waals surface area contributed by atoms with E-state index < -0.39 is 0 Å². The number of hydrogen-bond acceptors (Lipinski definition) is 2. The molecule has 3 rings (SSSR count). The van der Waals surface area contributed by atoms with Crippen molar-refractivity contribution < 1.29 is 4.42 Å². The molecule has 3 N–H and O–H groups in total. The molecule has 0 aliphatic carbocycles. The molecule has 1 aromatic carbocycles. The van der Waals surface area contributed by atoms with E-state index in [1.807, 2.05) is 12.1 Å². The van der Waals surface area contributed by atoms with Crippen molar-refractivity contribution in [3.63, 3.8) is 0 Å². The molecule has 0 radical (unpaired) electrons. The van der Waals surface area contributed by atoms with E-state index in [4.69, 9.17) is 10.2 Å². The summed E-state index contributed by atoms with van der Waals surface area (Å²) in [6.45, 7) is 2.58. The lowest BCUT2D eigenvalue weighted by molar-refractivity contribution is 0.512. The number of aryl methyl sites for hydroxylation is 1. The highest BCUT2D eigenvalue weighted by atomic mass is 16.3. The lowest BCUT2D eigenvalue weighted by Gasteiger charge is -1.99. The number of nitrogens with two attached hydrogens (primary N) is 1. The van der Waals surface area contributed by atoms with E-state index >= 15 is 0 Å². The monoisotopic (exact) mass is 240 g/mol. The van der Waals surface area contributed by atoms with Gasteiger partial charge in [-0.2, -0.15) is 0 Å². The van der Waals surface area contributed by atoms with Crippen molar-refractivity contribution in [2.45, 2.75) is 19.9 Å². The van der Waals surface area contributed by atoms with Gasteiger partial charge in [-0.1, -0.05) is 25.1 Å². The fraction of sp³-hybridized carbons (Fsp3) is 0.200. The van der Waals surface area contributed by atoms with Gasteiger partial charge in [0, 0.05) is 35.0 Å². The first-order valence-corrected chi connectivity index (χ1v) is 6.21. The van der Waals surface area contributed by atoms with Crippen LogP contribution in [-0.4, -0.2) is 4.98 Å². The molecule has 3 aromatic rings. The molecule has 0 amide bonds. The van der Waals surface area contributed by atoms with E-state index in [1.165, 1.54) is 5.39 Å². The Balaban J connectivity index is 2.16. The Morgan fingerprint density at radius 2 is 2.11 bits per heavy atom. The second-order valence-electron chi connectivity index (χ2n) is 4.38. The van der Waals surface area contributed by atoms with Crippen LogP contribution in [0.2, 0.25) is 0 Å². The second kappa shape index (κ2) is 4.35. The van der Waals surface area contributed by atoms with Crippen LogP contribution in [0, 0.1) is 0 Å². The van der Waals surface area contributed by atoms with Gasteiger partial charge in [0.1, 0.15) is 12.0 Å². The molecule has 18 heavy (non-hydrogen) atoms. The molecule has 2 aromatic heterocycles. The normalized spacial score (nSPS) is 11.2. The summed E-state index contributed by atoms with van der Waals surface area (Å²) in [7, 11) is 0. The van der Waals surface area contributed by atoms with E-state index in [1.54, 1.807) is 6.26 Å². The second-order valence-corrected chi connectivity index (χ2v) is 4.38. The molecule has 3 heteroatoms. The topological polar surface area (TPSA) is 55.0 Å². The number of aromatic amines is 1. The van der Waals surface area contributed by atoms with E-state index in [0.717, 1.165) is 34.5 Å². The van der Waals surface area contributed by atoms with Crippen molar-refractivity contribution in [2.24, 2.45) is 5.73 Å². The van der Waals surface area contributed by atoms with Gasteiger partial charge < -0.3 is 15.1 Å². The maximum absolute atomic E-state index is 5.83. The summed E-state index contributed by atoms with van der Waals surface area (Å²) in [5, 5.41) is 1.20. The summed E-state index contributed by atoms with van der Waals surface area (Å²) in [5.41, 5.74) is 10.2. The Kier molecular flexibility index (Phi) is 2.68. The summed E-state index contributed by atoms with van der Waals surface area (Å²) in [6, 6.07) is 10.4. The summed E-state index contributed by atoms with van der Waals surface area (Å²) >= 11 is 0. The Labute approximate surface area is 106 Å². The predicted octanol–water partition coefficient (Wildman–Crippen LogP) is 3.45. The third kappa shape index (κ3) is 1.64. The van der Waals surface area contributed by atoms with Crippen LogP contribution < -0.4 is 5.73 Å². The molecule has 0 saturated carbocycles. The number of hydrogen-bond donors (Lipinski definition) is 2. The zero-order valence-corrected chi connectivity index (χ0v) is 10.4. The molecule has 0 unspecified atom stereocenters. The van der Waals surface area contributed by atoms with Crippen LogP contribution in [0.15, 0.2) is 41.0 Å². The summed E-state index contributed by atoms with van der Waals surface area (Å²) in [6.07, 6.45) is 2.67. The molecule has 0 fully saturated rings. The molecular weight excluding hydrogens is 224 g/mol. The van der Waals surface area contributed by atoms with Crippen LogP contribution in [0.3, 0.4) is 0 Å². The summed E-state index contributed by atoms with van der Waals surface area (Å²) < 4.78 is 5.59. The third-order valence-corrected chi connectivity index (χ3v) is 3.33. The van der Waals surface area contributed by atoms with Crippen LogP contribution >= 0.6 is 0 Å². The molecule has 92 valence electrons. The van der Waals surface area contributed by atoms with Crippen LogP contribution in [0.25, 0.3) is 22.2 Å². The molecular formula is C15H16N2O. The van der Waals surface area contributed by atoms with Gasteiger partial charge in [0.2, 0.25) is 0 Å². The lowest BCUT2D eigenvalue weighted by atomic mass is 10.1. The lowest BCUT2D eigenvalue weighted by Crippen LogP contribution is -1.99. The minimum atomic E-state index is 0.504. The Morgan fingerprint density at radius 3 is 2.83 bits per heavy atom. The standard InChI is InChI=1S/C15H16N2O/c1-2-15-11(8-16)12(9-18-15)14-7-10-5-3-4-6-13(10)17-14/h3-7,9,17H,2,8,16H2,1H3. The van der Waals surface area contributed by atoms with Crippen molar-refractivity contribution in [3.8, 4) is 11.3 Å². The molecule has 0 spiro atoms. The molecule has 0 atom stereocenters. The molecule has 3 nitrogen and oxygen atoms in total. The minimum Gasteiger partial charge on any atom is -0.468 e. The number of furan rings is 1. The third-order valence-electron chi connectivity index (χ3n) is 3.33. The number of benzene rings is 1. The van der Waals surface area contributed by atoms with E-state index in [9.17, 15) is 0 Å². The average molecular weight is 240 g/mol. The van der Waals surface area contributed by atoms with Crippen LogP contribution in [0.5, 0.6) is 0 Å². The number of rotatable bonds is 3. The zero-order valence-electron chi connectivity index (χ0n) is 10.4. The SMILES string of the molecule is CCc1occ(-c2cc3ccccc3[nH]2)c1CN. The van der Waals surface area contributed by atoms with Crippen molar-refractivity contribution in [2.75, 3.05) is 0 Å². The fourth-order valence-electron chi connectivity index (χ4n) is 2.39. The number of para-hydroxylation sites is 1. The molecule has 2 heterocycles. The Hall–Kier alpha value is -2.00. The molecule has 0 bridgehead atoms. The maximum atomic E-state index is 5.83. The number of H-pyrrole nitrogens is 1. The quantitative estimate of drug-likeness (QED) is 0.736. The van der Waals surface area contributed by atoms with Gasteiger partial charge >= 0.3 is 0 Å². The molecule has 0 saturated heterocycles. The highest BCUT2D eigenvalue weighted by molar-refractivity contribution is 5.86. The van der Waals surface area contributed by atoms with Crippen LogP contribution in [0.4, 0.5) is 0 Å². The van der Waals surface area contributed by atoms with Crippen molar-refractivity contribution in [3.05, 3.63) is 47.9 Å². The van der Waals surface area contributed by atoms with Crippen molar-refractivity contribution in [1.82, 2.24) is 4.98 Å². The van der Waals surface area contributed by atoms with Gasteiger partial charge in [-0.05, 0) is 12.1 Å². The van der Waals surface area contributed by atoms with Gasteiger partial charge in [0.15, 0.2) is 0 Å². The number of aromatic nitrogens is 1. The van der Waals surface area contributed by atoms with E-state index in [-0.39, 0.29) is 0 Å². The minimum absolute atomic E-state index is 0.504. The number of fused-ring (bicyclic) bond motifs is 1. The number of nitrogens with one attached hydrogen (secondary N) is 1. The van der Waals surface area contributed by atoms with Crippen molar-refractivity contribution in [1.29, 1.82) is 0 Å². The zero-order chi connectivity index (χ0) is 12.5. The van der Waals surface area contributed by atoms with Crippen molar-refractivity contribution >= 4 is 10.9 Å². The fourth-order valence-corrected chi connectivity index (χ4v) is 2.39. The van der Waals surface area contributed by atoms with Gasteiger partial charge in [-0.25, -0.2) is 0 Å². The van der Waals surface area contributed by atoms with Crippen LogP contribution in [0.1, 0.15) is 18.2 Å². The van der Waals surface area contributed by atoms with Gasteiger partial charge in [0.25, 0.3) is 0 Å². The Morgan fingerprint density at radius 1 is 1.28 bits per heavy atom. The summed E-state index contributed by atoms with van der Waals surface area (Å²) in [5.74, 6) is 0.978. The first kappa shape index (κ1) is 11.1. The molecule has 0 aliphatic heterocycles. The first-order chi connectivity index (χ1) is 8.83. The highest BCUT2D eigenvalue weighted by Gasteiger charge is 2.14.